The van der Waals surface area contributed by atoms with Gasteiger partial charge in [-0.2, -0.15) is 0 Å². The van der Waals surface area contributed by atoms with Crippen LogP contribution in [0.4, 0.5) is 8.78 Å². The van der Waals surface area contributed by atoms with Gasteiger partial charge in [0.1, 0.15) is 0 Å². The van der Waals surface area contributed by atoms with Crippen LogP contribution in [-0.4, -0.2) is 37.4 Å². The summed E-state index contributed by atoms with van der Waals surface area (Å²) in [4.78, 5) is 2.28. The Morgan fingerprint density at radius 2 is 2.09 bits per heavy atom. The van der Waals surface area contributed by atoms with Gasteiger partial charge in [-0.3, -0.25) is 4.90 Å². The molecular weight excluding hydrogens is 290 g/mol. The highest BCUT2D eigenvalue weighted by atomic mass is 19.3. The van der Waals surface area contributed by atoms with Crippen molar-refractivity contribution in [2.24, 2.45) is 0 Å². The first-order chi connectivity index (χ1) is 10.5. The molecule has 2 heterocycles. The standard InChI is InChI=1S/C16H20F2N2O2/c1-11(2)10-13(20-8-6-19-7-9-20)12-4-3-5-14-15(12)22-16(17,18)21-14/h3-5,13,19H,1,6-10H2,2H3/t13-/m1/s1. The third kappa shape index (κ3) is 3.08. The van der Waals surface area contributed by atoms with Gasteiger partial charge in [-0.25, -0.2) is 0 Å². The van der Waals surface area contributed by atoms with E-state index >= 15 is 0 Å². The lowest BCUT2D eigenvalue weighted by atomic mass is 9.96. The smallest absolute Gasteiger partial charge is 0.395 e. The summed E-state index contributed by atoms with van der Waals surface area (Å²) in [6.45, 7) is 9.41. The zero-order valence-electron chi connectivity index (χ0n) is 12.6. The molecule has 1 aromatic carbocycles. The molecular formula is C16H20F2N2O2. The van der Waals surface area contributed by atoms with Crippen LogP contribution in [0.2, 0.25) is 0 Å². The highest BCUT2D eigenvalue weighted by molar-refractivity contribution is 5.50. The molecule has 6 heteroatoms. The predicted molar refractivity (Wildman–Crippen MR) is 79.3 cm³/mol. The maximum absolute atomic E-state index is 13.4. The molecule has 120 valence electrons. The fourth-order valence-corrected chi connectivity index (χ4v) is 3.01. The van der Waals surface area contributed by atoms with E-state index < -0.39 is 6.29 Å². The Morgan fingerprint density at radius 1 is 1.36 bits per heavy atom. The van der Waals surface area contributed by atoms with Crippen LogP contribution in [0.3, 0.4) is 0 Å². The summed E-state index contributed by atoms with van der Waals surface area (Å²) in [6, 6.07) is 5.04. The number of fused-ring (bicyclic) bond motifs is 1. The fraction of sp³-hybridized carbons (Fsp3) is 0.500. The summed E-state index contributed by atoms with van der Waals surface area (Å²) < 4.78 is 36.1. The molecule has 0 unspecified atom stereocenters. The number of hydrogen-bond donors (Lipinski definition) is 1. The van der Waals surface area contributed by atoms with Crippen LogP contribution in [0, 0.1) is 0 Å². The van der Waals surface area contributed by atoms with Crippen LogP contribution < -0.4 is 14.8 Å². The van der Waals surface area contributed by atoms with E-state index in [-0.39, 0.29) is 17.5 Å². The van der Waals surface area contributed by atoms with Crippen molar-refractivity contribution < 1.29 is 18.3 Å². The van der Waals surface area contributed by atoms with E-state index in [2.05, 4.69) is 21.5 Å². The van der Waals surface area contributed by atoms with E-state index in [9.17, 15) is 8.78 Å². The van der Waals surface area contributed by atoms with Crippen LogP contribution in [0.5, 0.6) is 11.5 Å². The molecule has 1 atom stereocenters. The monoisotopic (exact) mass is 310 g/mol. The molecule has 0 bridgehead atoms. The molecule has 0 aromatic heterocycles. The van der Waals surface area contributed by atoms with Crippen LogP contribution in [-0.2, 0) is 0 Å². The molecule has 0 amide bonds. The van der Waals surface area contributed by atoms with E-state index in [1.165, 1.54) is 6.07 Å². The highest BCUT2D eigenvalue weighted by Gasteiger charge is 2.45. The lowest BCUT2D eigenvalue weighted by molar-refractivity contribution is -0.287. The van der Waals surface area contributed by atoms with Gasteiger partial charge in [0.05, 0.1) is 0 Å². The Kier molecular flexibility index (Phi) is 4.06. The van der Waals surface area contributed by atoms with Gasteiger partial charge in [0.15, 0.2) is 11.5 Å². The topological polar surface area (TPSA) is 33.7 Å². The van der Waals surface area contributed by atoms with E-state index in [1.807, 2.05) is 13.0 Å². The van der Waals surface area contributed by atoms with Gasteiger partial charge in [-0.1, -0.05) is 17.7 Å². The number of alkyl halides is 2. The van der Waals surface area contributed by atoms with Crippen molar-refractivity contribution in [3.8, 4) is 11.5 Å². The first-order valence-electron chi connectivity index (χ1n) is 7.44. The molecule has 22 heavy (non-hydrogen) atoms. The van der Waals surface area contributed by atoms with E-state index in [1.54, 1.807) is 6.07 Å². The van der Waals surface area contributed by atoms with Crippen LogP contribution >= 0.6 is 0 Å². The Morgan fingerprint density at radius 3 is 2.77 bits per heavy atom. The van der Waals surface area contributed by atoms with Crippen molar-refractivity contribution in [2.75, 3.05) is 26.2 Å². The van der Waals surface area contributed by atoms with Crippen LogP contribution in [0.25, 0.3) is 0 Å². The van der Waals surface area contributed by atoms with Gasteiger partial charge in [-0.15, -0.1) is 15.4 Å². The number of nitrogens with zero attached hydrogens (tertiary/aromatic N) is 1. The Hall–Kier alpha value is -1.66. The van der Waals surface area contributed by atoms with Gasteiger partial charge < -0.3 is 14.8 Å². The molecule has 0 aliphatic carbocycles. The van der Waals surface area contributed by atoms with Gasteiger partial charge in [0.25, 0.3) is 0 Å². The number of rotatable bonds is 4. The average Bonchev–Trinajstić information content (AvgIpc) is 2.79. The SMILES string of the molecule is C=C(C)C[C@H](c1cccc2c1OC(F)(F)O2)N1CCNCC1. The Balaban J connectivity index is 1.95. The van der Waals surface area contributed by atoms with Crippen LogP contribution in [0.1, 0.15) is 24.9 Å². The van der Waals surface area contributed by atoms with Crippen molar-refractivity contribution in [1.29, 1.82) is 0 Å². The maximum atomic E-state index is 13.4. The second-order valence-corrected chi connectivity index (χ2v) is 5.80. The first-order valence-corrected chi connectivity index (χ1v) is 7.44. The Bertz CT molecular complexity index is 571. The number of nitrogens with one attached hydrogen (secondary N) is 1. The summed E-state index contributed by atoms with van der Waals surface area (Å²) in [6.07, 6.45) is -2.89. The maximum Gasteiger partial charge on any atom is 0.586 e. The predicted octanol–water partition coefficient (Wildman–Crippen LogP) is 2.92. The van der Waals surface area contributed by atoms with Crippen molar-refractivity contribution in [3.05, 3.63) is 35.9 Å². The molecule has 0 spiro atoms. The van der Waals surface area contributed by atoms with Gasteiger partial charge >= 0.3 is 6.29 Å². The molecule has 3 rings (SSSR count). The molecule has 0 radical (unpaired) electrons. The molecule has 1 saturated heterocycles. The van der Waals surface area contributed by atoms with Gasteiger partial charge in [0, 0.05) is 37.8 Å². The normalized spacial score (nSPS) is 21.6. The summed E-state index contributed by atoms with van der Waals surface area (Å²) in [5, 5.41) is 3.30. The summed E-state index contributed by atoms with van der Waals surface area (Å²) >= 11 is 0. The summed E-state index contributed by atoms with van der Waals surface area (Å²) in [5.41, 5.74) is 1.74. The quantitative estimate of drug-likeness (QED) is 0.867. The van der Waals surface area contributed by atoms with E-state index in [0.717, 1.165) is 37.3 Å². The highest BCUT2D eigenvalue weighted by Crippen LogP contribution is 2.47. The third-order valence-corrected chi connectivity index (χ3v) is 3.95. The molecule has 4 nitrogen and oxygen atoms in total. The molecule has 2 aliphatic heterocycles. The lowest BCUT2D eigenvalue weighted by Gasteiger charge is -2.35. The molecule has 1 aromatic rings. The third-order valence-electron chi connectivity index (χ3n) is 3.95. The fourth-order valence-electron chi connectivity index (χ4n) is 3.01. The minimum atomic E-state index is -3.59. The molecule has 2 aliphatic rings. The van der Waals surface area contributed by atoms with Gasteiger partial charge in [-0.05, 0) is 19.4 Å². The zero-order chi connectivity index (χ0) is 15.7. The molecule has 1 fully saturated rings. The average molecular weight is 310 g/mol. The second-order valence-electron chi connectivity index (χ2n) is 5.80. The number of para-hydroxylation sites is 1. The first kappa shape index (κ1) is 15.2. The van der Waals surface area contributed by atoms with E-state index in [4.69, 9.17) is 4.74 Å². The van der Waals surface area contributed by atoms with E-state index in [0.29, 0.717) is 6.42 Å². The van der Waals surface area contributed by atoms with Crippen molar-refractivity contribution >= 4 is 0 Å². The van der Waals surface area contributed by atoms with Crippen molar-refractivity contribution in [2.45, 2.75) is 25.7 Å². The Labute approximate surface area is 128 Å². The minimum absolute atomic E-state index is 0.0351. The summed E-state index contributed by atoms with van der Waals surface area (Å²) in [7, 11) is 0. The number of hydrogen-bond acceptors (Lipinski definition) is 4. The van der Waals surface area contributed by atoms with Crippen LogP contribution in [0.15, 0.2) is 30.4 Å². The van der Waals surface area contributed by atoms with Crippen molar-refractivity contribution in [3.63, 3.8) is 0 Å². The minimum Gasteiger partial charge on any atom is -0.395 e. The number of halogens is 2. The number of piperazine rings is 1. The number of benzene rings is 1. The van der Waals surface area contributed by atoms with Crippen molar-refractivity contribution in [1.82, 2.24) is 10.2 Å². The number of ether oxygens (including phenoxy) is 2. The summed E-state index contributed by atoms with van der Waals surface area (Å²) in [5.74, 6) is 0.252. The molecule has 1 N–H and O–H groups in total. The van der Waals surface area contributed by atoms with Gasteiger partial charge in [0.2, 0.25) is 0 Å². The lowest BCUT2D eigenvalue weighted by Crippen LogP contribution is -2.45. The molecule has 0 saturated carbocycles. The largest absolute Gasteiger partial charge is 0.586 e. The zero-order valence-corrected chi connectivity index (χ0v) is 12.6. The second kappa shape index (κ2) is 5.85.